The minimum absolute atomic E-state index is 0.450. The third-order valence-corrected chi connectivity index (χ3v) is 1.92. The van der Waals surface area contributed by atoms with Crippen LogP contribution in [0.2, 0.25) is 0 Å². The molecule has 0 spiro atoms. The number of nitrogens with zero attached hydrogens (tertiary/aromatic N) is 5. The van der Waals surface area contributed by atoms with Gasteiger partial charge in [0.25, 0.3) is 0 Å². The van der Waals surface area contributed by atoms with Crippen molar-refractivity contribution in [3.8, 4) is 17.5 Å². The van der Waals surface area contributed by atoms with Crippen molar-refractivity contribution < 1.29 is 4.74 Å². The highest BCUT2D eigenvalue weighted by Gasteiger charge is 2.05. The maximum absolute atomic E-state index is 8.88. The number of hydrogen-bond donors (Lipinski definition) is 0. The van der Waals surface area contributed by atoms with Gasteiger partial charge in [-0.15, -0.1) is 5.10 Å². The second kappa shape index (κ2) is 3.75. The van der Waals surface area contributed by atoms with E-state index in [0.717, 1.165) is 5.69 Å². The number of methoxy groups -OCH3 is 1. The number of benzene rings is 1. The third kappa shape index (κ3) is 1.62. The van der Waals surface area contributed by atoms with E-state index < -0.39 is 0 Å². The normalized spacial score (nSPS) is 9.60. The Morgan fingerprint density at radius 3 is 2.93 bits per heavy atom. The molecule has 0 saturated heterocycles. The summed E-state index contributed by atoms with van der Waals surface area (Å²) in [6.45, 7) is 0. The highest BCUT2D eigenvalue weighted by molar-refractivity contribution is 5.49. The smallest absolute Gasteiger partial charge is 0.143 e. The van der Waals surface area contributed by atoms with Crippen LogP contribution in [0.25, 0.3) is 5.69 Å². The predicted molar refractivity (Wildman–Crippen MR) is 50.4 cm³/mol. The van der Waals surface area contributed by atoms with Crippen molar-refractivity contribution >= 4 is 0 Å². The molecule has 0 aliphatic carbocycles. The highest BCUT2D eigenvalue weighted by atomic mass is 16.5. The molecule has 2 rings (SSSR count). The Hall–Kier alpha value is -2.42. The molecule has 0 amide bonds. The van der Waals surface area contributed by atoms with Crippen LogP contribution in [0, 0.1) is 11.3 Å². The minimum Gasteiger partial charge on any atom is -0.495 e. The molecule has 0 aliphatic heterocycles. The van der Waals surface area contributed by atoms with E-state index in [1.165, 1.54) is 18.1 Å². The van der Waals surface area contributed by atoms with Crippen molar-refractivity contribution in [1.82, 2.24) is 20.2 Å². The van der Waals surface area contributed by atoms with Gasteiger partial charge in [0.2, 0.25) is 0 Å². The number of ether oxygens (including phenoxy) is 1. The van der Waals surface area contributed by atoms with Gasteiger partial charge in [0, 0.05) is 0 Å². The monoisotopic (exact) mass is 201 g/mol. The third-order valence-electron chi connectivity index (χ3n) is 1.92. The molecule has 1 aromatic carbocycles. The fraction of sp³-hybridized carbons (Fsp3) is 0.111. The molecule has 0 unspecified atom stereocenters. The predicted octanol–water partition coefficient (Wildman–Crippen LogP) is 0.543. The van der Waals surface area contributed by atoms with Gasteiger partial charge in [-0.1, -0.05) is 0 Å². The fourth-order valence-corrected chi connectivity index (χ4v) is 1.21. The van der Waals surface area contributed by atoms with Crippen molar-refractivity contribution in [3.63, 3.8) is 0 Å². The molecule has 0 bridgehead atoms. The lowest BCUT2D eigenvalue weighted by Crippen LogP contribution is -1.97. The van der Waals surface area contributed by atoms with Gasteiger partial charge in [0.1, 0.15) is 18.1 Å². The van der Waals surface area contributed by atoms with Crippen molar-refractivity contribution in [3.05, 3.63) is 30.1 Å². The van der Waals surface area contributed by atoms with Gasteiger partial charge in [0.15, 0.2) is 0 Å². The van der Waals surface area contributed by atoms with Crippen molar-refractivity contribution in [2.45, 2.75) is 0 Å². The van der Waals surface area contributed by atoms with E-state index in [2.05, 4.69) is 15.5 Å². The Kier molecular flexibility index (Phi) is 2.29. The standard InChI is InChI=1S/C9H7N5O/c1-15-9-3-2-8(4-7(9)5-10)14-6-11-12-13-14/h2-4,6H,1H3. The quantitative estimate of drug-likeness (QED) is 0.708. The summed E-state index contributed by atoms with van der Waals surface area (Å²) in [5.41, 5.74) is 1.17. The molecule has 0 saturated carbocycles. The van der Waals surface area contributed by atoms with E-state index in [0.29, 0.717) is 11.3 Å². The fourth-order valence-electron chi connectivity index (χ4n) is 1.21. The lowest BCUT2D eigenvalue weighted by Gasteiger charge is -2.04. The molecule has 1 aromatic heterocycles. The highest BCUT2D eigenvalue weighted by Crippen LogP contribution is 2.20. The summed E-state index contributed by atoms with van der Waals surface area (Å²) in [5, 5.41) is 19.6. The van der Waals surface area contributed by atoms with Crippen LogP contribution in [0.4, 0.5) is 0 Å². The van der Waals surface area contributed by atoms with Crippen LogP contribution >= 0.6 is 0 Å². The number of aromatic nitrogens is 4. The number of nitriles is 1. The first-order valence-electron chi connectivity index (χ1n) is 4.16. The van der Waals surface area contributed by atoms with Crippen molar-refractivity contribution in [2.75, 3.05) is 7.11 Å². The van der Waals surface area contributed by atoms with Crippen LogP contribution in [-0.4, -0.2) is 27.3 Å². The zero-order valence-electron chi connectivity index (χ0n) is 7.95. The Morgan fingerprint density at radius 2 is 2.33 bits per heavy atom. The topological polar surface area (TPSA) is 76.6 Å². The summed E-state index contributed by atoms with van der Waals surface area (Å²) in [6.07, 6.45) is 1.46. The molecule has 6 nitrogen and oxygen atoms in total. The van der Waals surface area contributed by atoms with E-state index in [1.807, 2.05) is 6.07 Å². The molecule has 74 valence electrons. The van der Waals surface area contributed by atoms with Gasteiger partial charge in [-0.05, 0) is 28.6 Å². The van der Waals surface area contributed by atoms with E-state index in [9.17, 15) is 0 Å². The molecule has 0 aliphatic rings. The largest absolute Gasteiger partial charge is 0.495 e. The van der Waals surface area contributed by atoms with Crippen LogP contribution in [0.1, 0.15) is 5.56 Å². The second-order valence-corrected chi connectivity index (χ2v) is 2.75. The average Bonchev–Trinajstić information content (AvgIpc) is 2.81. The summed E-state index contributed by atoms with van der Waals surface area (Å²) >= 11 is 0. The molecule has 0 radical (unpaired) electrons. The van der Waals surface area contributed by atoms with Crippen LogP contribution in [-0.2, 0) is 0 Å². The zero-order valence-corrected chi connectivity index (χ0v) is 7.95. The van der Waals surface area contributed by atoms with Crippen molar-refractivity contribution in [1.29, 1.82) is 5.26 Å². The van der Waals surface area contributed by atoms with Crippen molar-refractivity contribution in [2.24, 2.45) is 0 Å². The molecule has 6 heteroatoms. The summed E-state index contributed by atoms with van der Waals surface area (Å²) < 4.78 is 6.50. The van der Waals surface area contributed by atoms with Gasteiger partial charge in [-0.2, -0.15) is 5.26 Å². The van der Waals surface area contributed by atoms with E-state index >= 15 is 0 Å². The Bertz CT molecular complexity index is 500. The maximum atomic E-state index is 8.88. The average molecular weight is 201 g/mol. The molecular formula is C9H7N5O. The number of hydrogen-bond acceptors (Lipinski definition) is 5. The van der Waals surface area contributed by atoms with Crippen LogP contribution < -0.4 is 4.74 Å². The Morgan fingerprint density at radius 1 is 1.47 bits per heavy atom. The lowest BCUT2D eigenvalue weighted by atomic mass is 10.2. The van der Waals surface area contributed by atoms with Gasteiger partial charge >= 0.3 is 0 Å². The Labute approximate surface area is 85.7 Å². The first-order chi connectivity index (χ1) is 7.35. The summed E-state index contributed by atoms with van der Waals surface area (Å²) in [6, 6.07) is 7.18. The zero-order chi connectivity index (χ0) is 10.7. The molecular weight excluding hydrogens is 194 g/mol. The summed E-state index contributed by atoms with van der Waals surface area (Å²) in [4.78, 5) is 0. The molecule has 0 fully saturated rings. The summed E-state index contributed by atoms with van der Waals surface area (Å²) in [5.74, 6) is 0.536. The molecule has 1 heterocycles. The second-order valence-electron chi connectivity index (χ2n) is 2.75. The minimum atomic E-state index is 0.450. The van der Waals surface area contributed by atoms with Crippen LogP contribution in [0.15, 0.2) is 24.5 Å². The van der Waals surface area contributed by atoms with Gasteiger partial charge in [-0.3, -0.25) is 0 Å². The first kappa shape index (κ1) is 9.15. The SMILES string of the molecule is COc1ccc(-n2cnnn2)cc1C#N. The first-order valence-corrected chi connectivity index (χ1v) is 4.16. The van der Waals surface area contributed by atoms with Gasteiger partial charge < -0.3 is 4.74 Å². The molecule has 15 heavy (non-hydrogen) atoms. The molecule has 2 aromatic rings. The molecule has 0 N–H and O–H groups in total. The van der Waals surface area contributed by atoms with Crippen LogP contribution in [0.3, 0.4) is 0 Å². The van der Waals surface area contributed by atoms with E-state index in [-0.39, 0.29) is 0 Å². The van der Waals surface area contributed by atoms with E-state index in [1.54, 1.807) is 18.2 Å². The van der Waals surface area contributed by atoms with Crippen LogP contribution in [0.5, 0.6) is 5.75 Å². The maximum Gasteiger partial charge on any atom is 0.143 e. The van der Waals surface area contributed by atoms with Gasteiger partial charge in [-0.25, -0.2) is 4.68 Å². The number of rotatable bonds is 2. The molecule has 0 atom stereocenters. The van der Waals surface area contributed by atoms with Gasteiger partial charge in [0.05, 0.1) is 18.4 Å². The van der Waals surface area contributed by atoms with E-state index in [4.69, 9.17) is 10.00 Å². The number of tetrazole rings is 1. The lowest BCUT2D eigenvalue weighted by molar-refractivity contribution is 0.413. The summed E-state index contributed by atoms with van der Waals surface area (Å²) in [7, 11) is 1.52. The Balaban J connectivity index is 2.49.